The third-order valence-electron chi connectivity index (χ3n) is 3.32. The fourth-order valence-electron chi connectivity index (χ4n) is 2.06. The van der Waals surface area contributed by atoms with Gasteiger partial charge < -0.3 is 15.5 Å². The van der Waals surface area contributed by atoms with Gasteiger partial charge in [0.15, 0.2) is 0 Å². The smallest absolute Gasteiger partial charge is 0.481 e. The third-order valence-corrected chi connectivity index (χ3v) is 3.32. The standard InChI is InChI=1S/C15H30N2O4.Na/c1-2-3-4-5-6-7-14(19)16-9-11-17(12-13-18)10-8-15(20)21;/h18H,2-13H2,1H3,(H,16,19)(H,20,21);/q;+1. The minimum atomic E-state index is -0.853. The number of aliphatic hydroxyl groups excluding tert-OH is 1. The van der Waals surface area contributed by atoms with Crippen molar-refractivity contribution in [2.75, 3.05) is 32.8 Å². The molecular formula is C15H30N2NaO4+. The van der Waals surface area contributed by atoms with Gasteiger partial charge in [-0.25, -0.2) is 0 Å². The van der Waals surface area contributed by atoms with Crippen molar-refractivity contribution in [1.82, 2.24) is 10.2 Å². The monoisotopic (exact) mass is 325 g/mol. The van der Waals surface area contributed by atoms with Gasteiger partial charge in [0.25, 0.3) is 0 Å². The van der Waals surface area contributed by atoms with Crippen molar-refractivity contribution in [1.29, 1.82) is 0 Å². The van der Waals surface area contributed by atoms with Crippen molar-refractivity contribution in [3.05, 3.63) is 0 Å². The first-order valence-corrected chi connectivity index (χ1v) is 7.91. The fraction of sp³-hybridized carbons (Fsp3) is 0.867. The molecule has 0 bridgehead atoms. The molecule has 0 saturated carbocycles. The van der Waals surface area contributed by atoms with E-state index in [4.69, 9.17) is 10.2 Å². The van der Waals surface area contributed by atoms with Crippen molar-refractivity contribution >= 4 is 11.9 Å². The Morgan fingerprint density at radius 3 is 2.27 bits per heavy atom. The molecule has 0 heterocycles. The van der Waals surface area contributed by atoms with E-state index in [1.807, 2.05) is 4.90 Å². The Balaban J connectivity index is 0. The third kappa shape index (κ3) is 16.2. The second-order valence-electron chi connectivity index (χ2n) is 5.22. The van der Waals surface area contributed by atoms with E-state index in [-0.39, 0.29) is 48.5 Å². The molecule has 0 aliphatic carbocycles. The van der Waals surface area contributed by atoms with E-state index in [1.54, 1.807) is 0 Å². The number of carboxylic acid groups (broad SMARTS) is 1. The van der Waals surface area contributed by atoms with Crippen LogP contribution in [-0.2, 0) is 9.59 Å². The number of hydrogen-bond acceptors (Lipinski definition) is 4. The number of hydrogen-bond donors (Lipinski definition) is 3. The van der Waals surface area contributed by atoms with Crippen LogP contribution in [0.25, 0.3) is 0 Å². The topological polar surface area (TPSA) is 89.9 Å². The largest absolute Gasteiger partial charge is 1.00 e. The van der Waals surface area contributed by atoms with Gasteiger partial charge in [0.2, 0.25) is 5.91 Å². The summed E-state index contributed by atoms with van der Waals surface area (Å²) in [6, 6.07) is 0. The average Bonchev–Trinajstić information content (AvgIpc) is 2.44. The summed E-state index contributed by atoms with van der Waals surface area (Å²) in [6.45, 7) is 4.03. The predicted molar refractivity (Wildman–Crippen MR) is 82.2 cm³/mol. The van der Waals surface area contributed by atoms with E-state index >= 15 is 0 Å². The zero-order chi connectivity index (χ0) is 15.9. The van der Waals surface area contributed by atoms with Crippen LogP contribution in [0.15, 0.2) is 0 Å². The van der Waals surface area contributed by atoms with E-state index in [2.05, 4.69) is 12.2 Å². The number of rotatable bonds is 14. The molecule has 0 radical (unpaired) electrons. The number of unbranched alkanes of at least 4 members (excludes halogenated alkanes) is 4. The molecule has 0 unspecified atom stereocenters. The molecule has 0 rings (SSSR count). The maximum atomic E-state index is 11.6. The van der Waals surface area contributed by atoms with E-state index in [0.29, 0.717) is 32.6 Å². The van der Waals surface area contributed by atoms with Crippen molar-refractivity contribution < 1.29 is 49.4 Å². The molecule has 0 aliphatic heterocycles. The van der Waals surface area contributed by atoms with E-state index in [1.165, 1.54) is 19.3 Å². The van der Waals surface area contributed by atoms with Gasteiger partial charge in [0.05, 0.1) is 13.0 Å². The summed E-state index contributed by atoms with van der Waals surface area (Å²) >= 11 is 0. The number of carbonyl (C=O) groups excluding carboxylic acids is 1. The molecule has 3 N–H and O–H groups in total. The number of carbonyl (C=O) groups is 2. The van der Waals surface area contributed by atoms with Crippen LogP contribution in [0.4, 0.5) is 0 Å². The first kappa shape index (κ1) is 24.1. The van der Waals surface area contributed by atoms with Gasteiger partial charge in [-0.2, -0.15) is 0 Å². The molecule has 0 aromatic rings. The summed E-state index contributed by atoms with van der Waals surface area (Å²) in [6.07, 6.45) is 6.22. The maximum Gasteiger partial charge on any atom is 1.00 e. The van der Waals surface area contributed by atoms with E-state index < -0.39 is 5.97 Å². The zero-order valence-electron chi connectivity index (χ0n) is 14.1. The fourth-order valence-corrected chi connectivity index (χ4v) is 2.06. The first-order chi connectivity index (χ1) is 10.1. The normalized spacial score (nSPS) is 10.3. The van der Waals surface area contributed by atoms with Crippen LogP contribution in [0.2, 0.25) is 0 Å². The summed E-state index contributed by atoms with van der Waals surface area (Å²) in [5.74, 6) is -0.803. The molecule has 1 amide bonds. The number of aliphatic hydroxyl groups is 1. The Bertz CT molecular complexity index is 291. The Hall–Kier alpha value is -0.140. The molecule has 0 aliphatic rings. The number of amides is 1. The molecule has 0 atom stereocenters. The number of carboxylic acids is 1. The van der Waals surface area contributed by atoms with Crippen LogP contribution in [0.5, 0.6) is 0 Å². The second kappa shape index (κ2) is 17.2. The minimum absolute atomic E-state index is 0. The Kier molecular flexibility index (Phi) is 18.9. The van der Waals surface area contributed by atoms with Gasteiger partial charge in [0.1, 0.15) is 0 Å². The summed E-state index contributed by atoms with van der Waals surface area (Å²) in [4.78, 5) is 24.0. The number of nitrogens with zero attached hydrogens (tertiary/aromatic N) is 1. The maximum absolute atomic E-state index is 11.6. The van der Waals surface area contributed by atoms with E-state index in [9.17, 15) is 9.59 Å². The Labute approximate surface area is 155 Å². The summed E-state index contributed by atoms with van der Waals surface area (Å²) in [7, 11) is 0. The van der Waals surface area contributed by atoms with Crippen LogP contribution in [0.1, 0.15) is 51.9 Å². The molecule has 22 heavy (non-hydrogen) atoms. The average molecular weight is 325 g/mol. The second-order valence-corrected chi connectivity index (χ2v) is 5.22. The number of aliphatic carboxylic acids is 1. The minimum Gasteiger partial charge on any atom is -0.481 e. The molecule has 0 aromatic heterocycles. The molecule has 0 fully saturated rings. The number of nitrogens with one attached hydrogen (secondary N) is 1. The summed E-state index contributed by atoms with van der Waals surface area (Å²) in [5.41, 5.74) is 0. The molecular weight excluding hydrogens is 295 g/mol. The first-order valence-electron chi connectivity index (χ1n) is 7.91. The van der Waals surface area contributed by atoms with Crippen LogP contribution in [0.3, 0.4) is 0 Å². The quantitative estimate of drug-likeness (QED) is 0.260. The Morgan fingerprint density at radius 1 is 1.00 bits per heavy atom. The van der Waals surface area contributed by atoms with Crippen molar-refractivity contribution in [2.45, 2.75) is 51.9 Å². The molecule has 0 spiro atoms. The van der Waals surface area contributed by atoms with E-state index in [0.717, 1.165) is 12.8 Å². The van der Waals surface area contributed by atoms with Gasteiger partial charge in [-0.05, 0) is 6.42 Å². The van der Waals surface area contributed by atoms with Crippen LogP contribution in [-0.4, -0.2) is 59.8 Å². The molecule has 124 valence electrons. The van der Waals surface area contributed by atoms with Gasteiger partial charge in [-0.15, -0.1) is 0 Å². The SMILES string of the molecule is CCCCCCCC(=O)NCCN(CCO)CCC(=O)O.[Na+]. The van der Waals surface area contributed by atoms with Gasteiger partial charge in [-0.1, -0.05) is 32.6 Å². The van der Waals surface area contributed by atoms with Crippen molar-refractivity contribution in [2.24, 2.45) is 0 Å². The zero-order valence-corrected chi connectivity index (χ0v) is 16.1. The van der Waals surface area contributed by atoms with Crippen LogP contribution in [0, 0.1) is 0 Å². The van der Waals surface area contributed by atoms with Gasteiger partial charge in [-0.3, -0.25) is 14.5 Å². The van der Waals surface area contributed by atoms with Crippen molar-refractivity contribution in [3.8, 4) is 0 Å². The van der Waals surface area contributed by atoms with Gasteiger partial charge in [0, 0.05) is 32.6 Å². The molecule has 0 aromatic carbocycles. The molecule has 6 nitrogen and oxygen atoms in total. The van der Waals surface area contributed by atoms with Crippen LogP contribution >= 0.6 is 0 Å². The molecule has 7 heteroatoms. The summed E-state index contributed by atoms with van der Waals surface area (Å²) in [5, 5.41) is 20.4. The predicted octanol–water partition coefficient (Wildman–Crippen LogP) is -1.76. The molecule has 0 saturated heterocycles. The van der Waals surface area contributed by atoms with Crippen molar-refractivity contribution in [3.63, 3.8) is 0 Å². The summed E-state index contributed by atoms with van der Waals surface area (Å²) < 4.78 is 0. The Morgan fingerprint density at radius 2 is 1.68 bits per heavy atom. The van der Waals surface area contributed by atoms with Crippen LogP contribution < -0.4 is 34.9 Å². The van der Waals surface area contributed by atoms with Gasteiger partial charge >= 0.3 is 35.5 Å².